The summed E-state index contributed by atoms with van der Waals surface area (Å²) in [6.07, 6.45) is 0.914. The molecule has 106 valence electrons. The molecule has 0 spiro atoms. The molecule has 0 aromatic heterocycles. The Morgan fingerprint density at radius 1 is 1.00 bits per heavy atom. The van der Waals surface area contributed by atoms with E-state index in [1.807, 2.05) is 6.92 Å². The topological polar surface area (TPSA) is 44.5 Å². The van der Waals surface area contributed by atoms with Gasteiger partial charge in [-0.15, -0.1) is 0 Å². The molecule has 2 aromatic rings. The molecule has 0 aliphatic heterocycles. The molecule has 3 nitrogen and oxygen atoms in total. The molecule has 0 heterocycles. The molecule has 5 heteroatoms. The summed E-state index contributed by atoms with van der Waals surface area (Å²) >= 11 is 11.8. The molecule has 2 N–H and O–H groups in total. The molecule has 2 aromatic carbocycles. The standard InChI is InChI=1S/C15H15Cl2NO2/c1-2-7-19-15-9-11(4-6-14(15)18)20-10-3-5-12(16)13(17)8-10/h3-6,8-9H,2,7,18H2,1H3. The lowest BCUT2D eigenvalue weighted by atomic mass is 10.2. The van der Waals surface area contributed by atoms with Crippen molar-refractivity contribution in [2.24, 2.45) is 0 Å². The predicted molar refractivity (Wildman–Crippen MR) is 83.2 cm³/mol. The van der Waals surface area contributed by atoms with Crippen LogP contribution in [0.3, 0.4) is 0 Å². The van der Waals surface area contributed by atoms with Gasteiger partial charge in [0, 0.05) is 12.1 Å². The van der Waals surface area contributed by atoms with E-state index in [2.05, 4.69) is 0 Å². The molecule has 0 radical (unpaired) electrons. The first-order valence-corrected chi connectivity index (χ1v) is 7.01. The maximum absolute atomic E-state index is 5.95. The number of hydrogen-bond donors (Lipinski definition) is 1. The van der Waals surface area contributed by atoms with Gasteiger partial charge in [-0.1, -0.05) is 30.1 Å². The highest BCUT2D eigenvalue weighted by atomic mass is 35.5. The molecular weight excluding hydrogens is 297 g/mol. The van der Waals surface area contributed by atoms with Gasteiger partial charge in [0.15, 0.2) is 0 Å². The zero-order valence-corrected chi connectivity index (χ0v) is 12.5. The van der Waals surface area contributed by atoms with Crippen molar-refractivity contribution in [3.05, 3.63) is 46.4 Å². The molecule has 2 rings (SSSR count). The molecule has 0 aliphatic carbocycles. The van der Waals surface area contributed by atoms with Crippen LogP contribution in [0, 0.1) is 0 Å². The van der Waals surface area contributed by atoms with E-state index in [-0.39, 0.29) is 0 Å². The van der Waals surface area contributed by atoms with Crippen molar-refractivity contribution >= 4 is 28.9 Å². The Morgan fingerprint density at radius 2 is 1.70 bits per heavy atom. The van der Waals surface area contributed by atoms with Crippen LogP contribution in [-0.4, -0.2) is 6.61 Å². The second-order valence-electron chi connectivity index (χ2n) is 4.23. The van der Waals surface area contributed by atoms with Crippen molar-refractivity contribution in [2.75, 3.05) is 12.3 Å². The van der Waals surface area contributed by atoms with E-state index in [1.54, 1.807) is 36.4 Å². The fraction of sp³-hybridized carbons (Fsp3) is 0.200. The second kappa shape index (κ2) is 6.73. The summed E-state index contributed by atoms with van der Waals surface area (Å²) in [5.74, 6) is 1.85. The lowest BCUT2D eigenvalue weighted by Gasteiger charge is -2.11. The van der Waals surface area contributed by atoms with Gasteiger partial charge in [0.1, 0.15) is 17.2 Å². The van der Waals surface area contributed by atoms with E-state index in [1.165, 1.54) is 0 Å². The second-order valence-corrected chi connectivity index (χ2v) is 5.04. The highest BCUT2D eigenvalue weighted by molar-refractivity contribution is 6.42. The third-order valence-corrected chi connectivity index (χ3v) is 3.31. The quantitative estimate of drug-likeness (QED) is 0.776. The van der Waals surface area contributed by atoms with E-state index in [9.17, 15) is 0 Å². The molecule has 0 aliphatic rings. The molecule has 0 bridgehead atoms. The van der Waals surface area contributed by atoms with Gasteiger partial charge in [0.2, 0.25) is 0 Å². The van der Waals surface area contributed by atoms with E-state index in [0.717, 1.165) is 6.42 Å². The third-order valence-electron chi connectivity index (χ3n) is 2.57. The summed E-state index contributed by atoms with van der Waals surface area (Å²) in [7, 11) is 0. The Hall–Kier alpha value is -1.58. The fourth-order valence-corrected chi connectivity index (χ4v) is 1.88. The summed E-state index contributed by atoms with van der Waals surface area (Å²) in [6.45, 7) is 2.65. The van der Waals surface area contributed by atoms with Gasteiger partial charge >= 0.3 is 0 Å². The molecule has 0 atom stereocenters. The third kappa shape index (κ3) is 3.71. The smallest absolute Gasteiger partial charge is 0.145 e. The zero-order chi connectivity index (χ0) is 14.5. The van der Waals surface area contributed by atoms with Gasteiger partial charge < -0.3 is 15.2 Å². The molecule has 20 heavy (non-hydrogen) atoms. The average molecular weight is 312 g/mol. The van der Waals surface area contributed by atoms with Crippen molar-refractivity contribution in [1.82, 2.24) is 0 Å². The van der Waals surface area contributed by atoms with Crippen LogP contribution in [0.4, 0.5) is 5.69 Å². The molecule has 0 unspecified atom stereocenters. The Bertz CT molecular complexity index is 602. The Balaban J connectivity index is 2.18. The first-order chi connectivity index (χ1) is 9.60. The van der Waals surface area contributed by atoms with Gasteiger partial charge in [-0.05, 0) is 30.7 Å². The number of rotatable bonds is 5. The van der Waals surface area contributed by atoms with Crippen LogP contribution in [0.2, 0.25) is 10.0 Å². The van der Waals surface area contributed by atoms with E-state index >= 15 is 0 Å². The van der Waals surface area contributed by atoms with Crippen LogP contribution in [-0.2, 0) is 0 Å². The van der Waals surface area contributed by atoms with Crippen molar-refractivity contribution in [3.63, 3.8) is 0 Å². The van der Waals surface area contributed by atoms with Crippen molar-refractivity contribution < 1.29 is 9.47 Å². The average Bonchev–Trinajstić information content (AvgIpc) is 2.43. The summed E-state index contributed by atoms with van der Waals surface area (Å²) in [5, 5.41) is 0.936. The normalized spacial score (nSPS) is 10.3. The van der Waals surface area contributed by atoms with Crippen LogP contribution in [0.5, 0.6) is 17.2 Å². The van der Waals surface area contributed by atoms with Gasteiger partial charge in [-0.2, -0.15) is 0 Å². The number of ether oxygens (including phenoxy) is 2. The van der Waals surface area contributed by atoms with E-state index in [4.69, 9.17) is 38.4 Å². The monoisotopic (exact) mass is 311 g/mol. The molecule has 0 saturated heterocycles. The first-order valence-electron chi connectivity index (χ1n) is 6.25. The lowest BCUT2D eigenvalue weighted by molar-refractivity contribution is 0.317. The minimum atomic E-state index is 0.446. The molecular formula is C15H15Cl2NO2. The Labute approximate surface area is 128 Å². The van der Waals surface area contributed by atoms with Gasteiger partial charge in [-0.25, -0.2) is 0 Å². The number of halogens is 2. The maximum atomic E-state index is 5.95. The molecule has 0 saturated carbocycles. The molecule has 0 fully saturated rings. The first kappa shape index (κ1) is 14.8. The summed E-state index contributed by atoms with van der Waals surface area (Å²) in [6, 6.07) is 10.4. The predicted octanol–water partition coefficient (Wildman–Crippen LogP) is 5.16. The van der Waals surface area contributed by atoms with Crippen LogP contribution in [0.25, 0.3) is 0 Å². The Morgan fingerprint density at radius 3 is 2.40 bits per heavy atom. The minimum Gasteiger partial charge on any atom is -0.491 e. The summed E-state index contributed by atoms with van der Waals surface area (Å²) in [5.41, 5.74) is 6.43. The highest BCUT2D eigenvalue weighted by Crippen LogP contribution is 2.32. The zero-order valence-electron chi connectivity index (χ0n) is 11.0. The number of benzene rings is 2. The van der Waals surface area contributed by atoms with Gasteiger partial charge in [0.05, 0.1) is 22.3 Å². The van der Waals surface area contributed by atoms with Crippen molar-refractivity contribution in [1.29, 1.82) is 0 Å². The van der Waals surface area contributed by atoms with Gasteiger partial charge in [-0.3, -0.25) is 0 Å². The summed E-state index contributed by atoms with van der Waals surface area (Å²) < 4.78 is 11.3. The lowest BCUT2D eigenvalue weighted by Crippen LogP contribution is -1.99. The van der Waals surface area contributed by atoms with Crippen LogP contribution >= 0.6 is 23.2 Å². The largest absolute Gasteiger partial charge is 0.491 e. The summed E-state index contributed by atoms with van der Waals surface area (Å²) in [4.78, 5) is 0. The minimum absolute atomic E-state index is 0.446. The van der Waals surface area contributed by atoms with Gasteiger partial charge in [0.25, 0.3) is 0 Å². The number of anilines is 1. The van der Waals surface area contributed by atoms with Crippen molar-refractivity contribution in [2.45, 2.75) is 13.3 Å². The van der Waals surface area contributed by atoms with Crippen LogP contribution < -0.4 is 15.2 Å². The van der Waals surface area contributed by atoms with Crippen LogP contribution in [0.1, 0.15) is 13.3 Å². The van der Waals surface area contributed by atoms with E-state index in [0.29, 0.717) is 39.6 Å². The molecule has 0 amide bonds. The number of nitrogens with two attached hydrogens (primary N) is 1. The van der Waals surface area contributed by atoms with E-state index < -0.39 is 0 Å². The van der Waals surface area contributed by atoms with Crippen LogP contribution in [0.15, 0.2) is 36.4 Å². The SMILES string of the molecule is CCCOc1cc(Oc2ccc(Cl)c(Cl)c2)ccc1N. The fourth-order valence-electron chi connectivity index (χ4n) is 1.59. The maximum Gasteiger partial charge on any atom is 0.145 e. The number of nitrogen functional groups attached to an aromatic ring is 1. The Kier molecular flexibility index (Phi) is 4.99. The van der Waals surface area contributed by atoms with Crippen molar-refractivity contribution in [3.8, 4) is 17.2 Å². The highest BCUT2D eigenvalue weighted by Gasteiger charge is 2.06. The number of hydrogen-bond acceptors (Lipinski definition) is 3.